The fraction of sp³-hybridized carbons (Fsp3) is 0.381. The van der Waals surface area contributed by atoms with Gasteiger partial charge in [-0.05, 0) is 64.2 Å². The summed E-state index contributed by atoms with van der Waals surface area (Å²) in [6.45, 7) is 10.6. The van der Waals surface area contributed by atoms with E-state index in [2.05, 4.69) is 77.0 Å². The topological polar surface area (TPSA) is 42.6 Å². The van der Waals surface area contributed by atoms with Gasteiger partial charge in [-0.2, -0.15) is 0 Å². The summed E-state index contributed by atoms with van der Waals surface area (Å²) < 4.78 is 5.04. The minimum Gasteiger partial charge on any atom is -0.361 e. The fourth-order valence-electron chi connectivity index (χ4n) is 3.33. The van der Waals surface area contributed by atoms with Crippen molar-refractivity contribution < 1.29 is 0 Å². The Morgan fingerprint density at radius 1 is 0.857 bits per heavy atom. The van der Waals surface area contributed by atoms with E-state index in [0.29, 0.717) is 17.2 Å². The second kappa shape index (κ2) is 9.55. The van der Waals surface area contributed by atoms with Crippen LogP contribution in [0.25, 0.3) is 0 Å². The van der Waals surface area contributed by atoms with Gasteiger partial charge < -0.3 is 20.0 Å². The molecule has 0 atom stereocenters. The second-order valence-corrected chi connectivity index (χ2v) is 9.48. The molecule has 0 fully saturated rings. The Morgan fingerprint density at radius 3 is 1.93 bits per heavy atom. The van der Waals surface area contributed by atoms with Crippen LogP contribution in [0.1, 0.15) is 27.7 Å². The number of para-hydroxylation sites is 3. The van der Waals surface area contributed by atoms with Gasteiger partial charge in [0.25, 0.3) is 0 Å². The van der Waals surface area contributed by atoms with Crippen LogP contribution < -0.4 is 25.1 Å². The maximum absolute atomic E-state index is 5.40. The Bertz CT molecular complexity index is 748. The number of anilines is 3. The van der Waals surface area contributed by atoms with Crippen LogP contribution in [0.2, 0.25) is 0 Å². The van der Waals surface area contributed by atoms with E-state index in [1.54, 1.807) is 0 Å². The number of nitrogens with one attached hydrogen (secondary N) is 3. The van der Waals surface area contributed by atoms with Crippen LogP contribution in [-0.4, -0.2) is 30.3 Å². The zero-order chi connectivity index (χ0) is 20.1. The Hall–Kier alpha value is -1.88. The summed E-state index contributed by atoms with van der Waals surface area (Å²) in [4.78, 5) is 0. The van der Waals surface area contributed by atoms with E-state index in [1.165, 1.54) is 11.4 Å². The van der Waals surface area contributed by atoms with Gasteiger partial charge in [-0.25, -0.2) is 0 Å². The van der Waals surface area contributed by atoms with Gasteiger partial charge >= 0.3 is 0 Å². The molecule has 0 spiro atoms. The largest absolute Gasteiger partial charge is 0.361 e. The lowest BCUT2D eigenvalue weighted by atomic mass is 10.2. The van der Waals surface area contributed by atoms with Crippen molar-refractivity contribution in [2.45, 2.75) is 39.8 Å². The van der Waals surface area contributed by atoms with E-state index in [0.717, 1.165) is 18.8 Å². The third-order valence-electron chi connectivity index (χ3n) is 4.46. The smallest absolute Gasteiger partial charge is 0.176 e. The van der Waals surface area contributed by atoms with Crippen LogP contribution in [0.5, 0.6) is 0 Å². The maximum Gasteiger partial charge on any atom is 0.176 e. The molecule has 0 bridgehead atoms. The molecule has 7 heteroatoms. The highest BCUT2D eigenvalue weighted by Gasteiger charge is 2.38. The molecule has 1 aliphatic rings. The van der Waals surface area contributed by atoms with Gasteiger partial charge in [-0.1, -0.05) is 30.3 Å². The van der Waals surface area contributed by atoms with Crippen LogP contribution in [0.3, 0.4) is 0 Å². The van der Waals surface area contributed by atoms with Crippen LogP contribution in [-0.2, 0) is 0 Å². The van der Waals surface area contributed by atoms with E-state index >= 15 is 0 Å². The lowest BCUT2D eigenvalue weighted by Gasteiger charge is -2.36. The zero-order valence-electron chi connectivity index (χ0n) is 17.0. The van der Waals surface area contributed by atoms with Gasteiger partial charge in [0.1, 0.15) is 0 Å². The van der Waals surface area contributed by atoms with Gasteiger partial charge in [-0.3, -0.25) is 5.09 Å². The Balaban J connectivity index is 1.58. The van der Waals surface area contributed by atoms with Crippen molar-refractivity contribution in [3.05, 3.63) is 54.6 Å². The van der Waals surface area contributed by atoms with Crippen molar-refractivity contribution in [3.8, 4) is 0 Å². The first-order valence-corrected chi connectivity index (χ1v) is 11.5. The number of rotatable bonds is 7. The van der Waals surface area contributed by atoms with Crippen molar-refractivity contribution in [2.24, 2.45) is 0 Å². The van der Waals surface area contributed by atoms with Crippen molar-refractivity contribution in [3.63, 3.8) is 0 Å². The summed E-state index contributed by atoms with van der Waals surface area (Å²) >= 11 is 5.40. The minimum absolute atomic E-state index is 0.428. The second-order valence-electron chi connectivity index (χ2n) is 7.31. The van der Waals surface area contributed by atoms with E-state index in [4.69, 9.17) is 12.2 Å². The van der Waals surface area contributed by atoms with Crippen LogP contribution in [0, 0.1) is 0 Å². The van der Waals surface area contributed by atoms with Gasteiger partial charge in [0.2, 0.25) is 0 Å². The maximum atomic E-state index is 5.40. The third kappa shape index (κ3) is 4.75. The molecule has 1 heterocycles. The zero-order valence-corrected chi connectivity index (χ0v) is 18.7. The molecule has 1 aliphatic heterocycles. The normalized spacial score (nSPS) is 13.9. The molecule has 0 aromatic heterocycles. The summed E-state index contributed by atoms with van der Waals surface area (Å²) in [6, 6.07) is 19.6. The standard InChI is InChI=1S/C21H30N5PS/c1-16(2)25-19-12-8-9-13-20(19)26(17(3)4)27(25)23-15-14-22-21(28)24-18-10-6-5-7-11-18/h5-13,16-17,23H,14-15H2,1-4H3,(H2,22,24,28). The molecular formula is C21H30N5PS. The number of fused-ring (bicyclic) bond motifs is 1. The number of nitrogens with zero attached hydrogens (tertiary/aromatic N) is 2. The average Bonchev–Trinajstić information content (AvgIpc) is 3.00. The molecule has 5 nitrogen and oxygen atoms in total. The lowest BCUT2D eigenvalue weighted by molar-refractivity contribution is 0.780. The van der Waals surface area contributed by atoms with Gasteiger partial charge in [-0.15, -0.1) is 0 Å². The molecule has 0 unspecified atom stereocenters. The van der Waals surface area contributed by atoms with E-state index in [-0.39, 0.29) is 0 Å². The third-order valence-corrected chi connectivity index (χ3v) is 7.38. The molecule has 28 heavy (non-hydrogen) atoms. The Labute approximate surface area is 175 Å². The number of hydrogen-bond donors (Lipinski definition) is 3. The molecular weight excluding hydrogens is 385 g/mol. The fourth-order valence-corrected chi connectivity index (χ4v) is 6.00. The summed E-state index contributed by atoms with van der Waals surface area (Å²) in [5.74, 6) is 0. The van der Waals surface area contributed by atoms with E-state index in [9.17, 15) is 0 Å². The SMILES string of the molecule is CC(C)N1c2ccccc2N(C(C)C)P1NCCNC(=S)Nc1ccccc1. The number of hydrogen-bond acceptors (Lipinski definition) is 4. The highest BCUT2D eigenvalue weighted by Crippen LogP contribution is 2.58. The van der Waals surface area contributed by atoms with E-state index < -0.39 is 8.37 Å². The van der Waals surface area contributed by atoms with Crippen LogP contribution in [0.4, 0.5) is 17.1 Å². The molecule has 2 aromatic carbocycles. The monoisotopic (exact) mass is 415 g/mol. The van der Waals surface area contributed by atoms with Crippen molar-refractivity contribution in [1.29, 1.82) is 0 Å². The van der Waals surface area contributed by atoms with Crippen molar-refractivity contribution in [1.82, 2.24) is 10.4 Å². The first kappa shape index (κ1) is 20.8. The summed E-state index contributed by atoms with van der Waals surface area (Å²) in [7, 11) is -0.644. The molecule has 2 aromatic rings. The Kier molecular flexibility index (Phi) is 7.11. The van der Waals surface area contributed by atoms with Crippen molar-refractivity contribution in [2.75, 3.05) is 27.7 Å². The molecule has 150 valence electrons. The van der Waals surface area contributed by atoms with Gasteiger partial charge in [0.15, 0.2) is 13.5 Å². The highest BCUT2D eigenvalue weighted by atomic mass is 32.1. The average molecular weight is 416 g/mol. The lowest BCUT2D eigenvalue weighted by Crippen LogP contribution is -2.39. The van der Waals surface area contributed by atoms with Crippen LogP contribution in [0.15, 0.2) is 54.6 Å². The summed E-state index contributed by atoms with van der Waals surface area (Å²) in [5.41, 5.74) is 3.64. The predicted octanol–water partition coefficient (Wildman–Crippen LogP) is 4.93. The number of benzene rings is 2. The molecule has 0 saturated heterocycles. The Morgan fingerprint density at radius 2 is 1.39 bits per heavy atom. The van der Waals surface area contributed by atoms with Crippen molar-refractivity contribution >= 4 is 42.8 Å². The minimum atomic E-state index is -0.644. The number of thiocarbonyl (C=S) groups is 1. The molecule has 0 amide bonds. The molecule has 3 rings (SSSR count). The molecule has 0 saturated carbocycles. The quantitative estimate of drug-likeness (QED) is 0.338. The van der Waals surface area contributed by atoms with Crippen LogP contribution >= 0.6 is 20.6 Å². The molecule has 0 aliphatic carbocycles. The molecule has 0 radical (unpaired) electrons. The van der Waals surface area contributed by atoms with E-state index in [1.807, 2.05) is 30.3 Å². The van der Waals surface area contributed by atoms with Gasteiger partial charge in [0, 0.05) is 30.9 Å². The summed E-state index contributed by atoms with van der Waals surface area (Å²) in [6.07, 6.45) is 0. The highest BCUT2D eigenvalue weighted by molar-refractivity contribution is 7.80. The first-order valence-electron chi connectivity index (χ1n) is 9.80. The predicted molar refractivity (Wildman–Crippen MR) is 127 cm³/mol. The first-order chi connectivity index (χ1) is 13.5. The molecule has 3 N–H and O–H groups in total. The van der Waals surface area contributed by atoms with Gasteiger partial charge in [0.05, 0.1) is 11.4 Å². The summed E-state index contributed by atoms with van der Waals surface area (Å²) in [5, 5.41) is 10.9.